The first-order valence-corrected chi connectivity index (χ1v) is 33.3. The smallest absolute Gasteiger partial charge is 0.480 e. The highest BCUT2D eigenvalue weighted by Crippen LogP contribution is 2.31. The summed E-state index contributed by atoms with van der Waals surface area (Å²) in [6.45, 7) is 17.6. The molecular weight excluding hydrogens is 1370 g/mol. The third-order valence-corrected chi connectivity index (χ3v) is 17.1. The number of hydrogen-bond acceptors (Lipinski definition) is 16. The van der Waals surface area contributed by atoms with Crippen molar-refractivity contribution in [2.24, 2.45) is 41.1 Å². The zero-order valence-electron chi connectivity index (χ0n) is 60.2. The van der Waals surface area contributed by atoms with Crippen LogP contribution in [0, 0.1) is 29.6 Å². The van der Waals surface area contributed by atoms with Crippen molar-refractivity contribution in [3.05, 3.63) is 95.6 Å². The molecule has 0 aliphatic carbocycles. The molecule has 576 valence electrons. The number of likely N-dealkylation sites (tertiary alicyclic amines) is 1. The van der Waals surface area contributed by atoms with Crippen molar-refractivity contribution in [3.63, 3.8) is 0 Å². The Balaban J connectivity index is 0.00000232. The lowest BCUT2D eigenvalue weighted by molar-refractivity contribution is -0.193. The Kier molecular flexibility index (Phi) is 37.6. The van der Waals surface area contributed by atoms with Crippen LogP contribution in [-0.2, 0) is 76.9 Å². The minimum Gasteiger partial charge on any atom is -0.480 e. The number of amides is 9. The van der Waals surface area contributed by atoms with E-state index in [1.165, 1.54) is 14.2 Å². The van der Waals surface area contributed by atoms with Crippen molar-refractivity contribution in [3.8, 4) is 0 Å². The van der Waals surface area contributed by atoms with Crippen LogP contribution in [0.25, 0.3) is 0 Å². The second-order valence-electron chi connectivity index (χ2n) is 26.0. The molecule has 0 bridgehead atoms. The number of primary amides is 1. The van der Waals surface area contributed by atoms with Crippen molar-refractivity contribution in [2.45, 2.75) is 187 Å². The van der Waals surface area contributed by atoms with Gasteiger partial charge in [0, 0.05) is 58.7 Å². The summed E-state index contributed by atoms with van der Waals surface area (Å²) in [6.07, 6.45) is -9.98. The molecular formula is C69H101F6N11O17. The minimum absolute atomic E-state index is 0.0884. The SMILES string of the molecule is CC[C@H](C)[C@@H]([C@@H](CC(=O)N1CCC[C@H]1[C@H](OC)[C@@H](C)C(=O)N[C@@H](Cc1ccccc1)C(=O)O)OC)N(C)C(=O)[C@@H](NC(=O)[C@H](C(C)C)N(C)Cc1cccc(NC(=O)OCc2ccc(NC(=O)[C@H](CCCNC(N)=O)NC(=O)[C@@H](N)C(C)C)cc2)c1)C(C)C.O=C(O)C(F)(F)F.O=C(O)C(F)(F)F. The van der Waals surface area contributed by atoms with Gasteiger partial charge < -0.3 is 77.4 Å². The van der Waals surface area contributed by atoms with E-state index in [4.69, 9.17) is 45.5 Å². The van der Waals surface area contributed by atoms with Gasteiger partial charge in [-0.3, -0.25) is 39.0 Å². The van der Waals surface area contributed by atoms with Gasteiger partial charge in [0.25, 0.3) is 0 Å². The van der Waals surface area contributed by atoms with Crippen molar-refractivity contribution < 1.29 is 109 Å². The first-order chi connectivity index (χ1) is 48.0. The van der Waals surface area contributed by atoms with Gasteiger partial charge >= 0.3 is 42.4 Å². The molecule has 103 heavy (non-hydrogen) atoms. The molecule has 0 aromatic heterocycles. The number of hydrogen-bond donors (Lipinski definition) is 11. The normalized spacial score (nSPS) is 15.9. The van der Waals surface area contributed by atoms with Crippen LogP contribution in [0.3, 0.4) is 0 Å². The molecule has 0 saturated carbocycles. The number of anilines is 2. The summed E-state index contributed by atoms with van der Waals surface area (Å²) in [5.41, 5.74) is 14.2. The summed E-state index contributed by atoms with van der Waals surface area (Å²) in [5.74, 6) is -10.8. The molecule has 1 aliphatic rings. The van der Waals surface area contributed by atoms with E-state index in [-0.39, 0.29) is 73.8 Å². The molecule has 1 aliphatic heterocycles. The summed E-state index contributed by atoms with van der Waals surface area (Å²) in [4.78, 5) is 143. The number of carbonyl (C=O) groups excluding carboxylic acids is 8. The molecule has 28 nitrogen and oxygen atoms in total. The monoisotopic (exact) mass is 1470 g/mol. The van der Waals surface area contributed by atoms with E-state index in [9.17, 15) is 74.6 Å². The molecule has 13 N–H and O–H groups in total. The van der Waals surface area contributed by atoms with Gasteiger partial charge in [-0.25, -0.2) is 24.0 Å². The number of carboxylic acids is 3. The Morgan fingerprint density at radius 1 is 0.670 bits per heavy atom. The van der Waals surface area contributed by atoms with E-state index in [2.05, 4.69) is 31.9 Å². The molecule has 4 rings (SSSR count). The quantitative estimate of drug-likeness (QED) is 0.0211. The van der Waals surface area contributed by atoms with Crippen LogP contribution in [0.2, 0.25) is 0 Å². The summed E-state index contributed by atoms with van der Waals surface area (Å²) >= 11 is 0. The second-order valence-corrected chi connectivity index (χ2v) is 26.0. The highest BCUT2D eigenvalue weighted by molar-refractivity contribution is 5.98. The number of rotatable bonds is 35. The van der Waals surface area contributed by atoms with E-state index in [0.717, 1.165) is 11.1 Å². The van der Waals surface area contributed by atoms with Crippen molar-refractivity contribution >= 4 is 76.9 Å². The first kappa shape index (κ1) is 89.9. The lowest BCUT2D eigenvalue weighted by Gasteiger charge is -2.41. The average molecular weight is 1470 g/mol. The van der Waals surface area contributed by atoms with Gasteiger partial charge in [0.05, 0.1) is 48.7 Å². The Labute approximate surface area is 595 Å². The number of carbonyl (C=O) groups is 11. The van der Waals surface area contributed by atoms with Gasteiger partial charge in [-0.05, 0) is 97.4 Å². The topological polar surface area (TPSA) is 410 Å². The maximum Gasteiger partial charge on any atom is 0.490 e. The van der Waals surface area contributed by atoms with Gasteiger partial charge in [-0.1, -0.05) is 123 Å². The van der Waals surface area contributed by atoms with Crippen LogP contribution in [0.1, 0.15) is 118 Å². The van der Waals surface area contributed by atoms with Gasteiger partial charge in [0.15, 0.2) is 0 Å². The number of halogens is 6. The molecule has 3 aromatic rings. The number of alkyl halides is 6. The molecule has 0 unspecified atom stereocenters. The van der Waals surface area contributed by atoms with E-state index < -0.39 is 121 Å². The molecule has 0 spiro atoms. The fourth-order valence-corrected chi connectivity index (χ4v) is 11.4. The largest absolute Gasteiger partial charge is 0.490 e. The number of nitrogens with one attached hydrogen (secondary N) is 6. The van der Waals surface area contributed by atoms with E-state index in [0.29, 0.717) is 55.7 Å². The standard InChI is InChI=1S/C65H99N11O13.2C2HF3O2/c1-14-41(8)56(51(87-12)35-52(77)76-32-20-26-50(76)57(88-13)42(9)58(78)72-49(63(83)84)34-43-21-16-15-17-22-43)75(11)62(82)54(39(4)5)73-61(81)55(40(6)7)74(10)36-45-23-18-24-47(33-45)70-65(86)89-37-44-27-29-46(30-28-44)69-59(79)48(25-19-31-68-64(67)85)71-60(80)53(66)38(2)3;2*3-2(4,5)1(6)7/h15-18,21-24,27-30,33,38-42,48-51,53-57H,14,19-20,25-26,31-32,34-37,66H2,1-13H3,(H,69,79)(H,70,86)(H,71,80)(H,72,78)(H,73,81)(H,83,84)(H3,67,68,85);2*(H,6,7)/t41-,42+,48-,49-,50-,51+,53-,54-,55-,56-,57+;;/m0../s1. The van der Waals surface area contributed by atoms with Crippen LogP contribution in [0.15, 0.2) is 78.9 Å². The van der Waals surface area contributed by atoms with Crippen molar-refractivity contribution in [1.82, 2.24) is 36.0 Å². The number of likely N-dealkylation sites (N-methyl/N-ethyl adjacent to an activating group) is 2. The fourth-order valence-electron chi connectivity index (χ4n) is 11.4. The third kappa shape index (κ3) is 30.4. The minimum atomic E-state index is -5.08. The third-order valence-electron chi connectivity index (χ3n) is 17.1. The number of methoxy groups -OCH3 is 2. The molecule has 1 fully saturated rings. The van der Waals surface area contributed by atoms with Crippen LogP contribution in [-0.4, -0.2) is 204 Å². The van der Waals surface area contributed by atoms with Crippen LogP contribution < -0.4 is 43.4 Å². The maximum atomic E-state index is 14.8. The summed E-state index contributed by atoms with van der Waals surface area (Å²) in [6, 6.07) is 16.4. The number of carboxylic acid groups (broad SMARTS) is 3. The van der Waals surface area contributed by atoms with Crippen molar-refractivity contribution in [1.29, 1.82) is 0 Å². The maximum absolute atomic E-state index is 14.8. The van der Waals surface area contributed by atoms with Gasteiger partial charge in [-0.15, -0.1) is 0 Å². The van der Waals surface area contributed by atoms with E-state index in [1.54, 1.807) is 104 Å². The van der Waals surface area contributed by atoms with E-state index in [1.807, 2.05) is 65.6 Å². The Morgan fingerprint density at radius 2 is 1.24 bits per heavy atom. The summed E-state index contributed by atoms with van der Waals surface area (Å²) in [5, 5.41) is 40.8. The predicted octanol–water partition coefficient (Wildman–Crippen LogP) is 6.89. The number of aliphatic carboxylic acids is 3. The molecule has 1 heterocycles. The molecule has 3 aromatic carbocycles. The molecule has 11 atom stereocenters. The van der Waals surface area contributed by atoms with Gasteiger partial charge in [0.2, 0.25) is 35.4 Å². The lowest BCUT2D eigenvalue weighted by atomic mass is 9.89. The average Bonchev–Trinajstić information content (AvgIpc) is 1.76. The molecule has 34 heteroatoms. The van der Waals surface area contributed by atoms with Crippen LogP contribution in [0.5, 0.6) is 0 Å². The highest BCUT2D eigenvalue weighted by Gasteiger charge is 2.45. The highest BCUT2D eigenvalue weighted by atomic mass is 19.4. The number of nitrogens with two attached hydrogens (primary N) is 2. The first-order valence-electron chi connectivity index (χ1n) is 33.3. The number of nitrogens with zero attached hydrogens (tertiary/aromatic N) is 3. The molecule has 9 amide bonds. The van der Waals surface area contributed by atoms with Gasteiger partial charge in [0.1, 0.15) is 24.7 Å². The zero-order chi connectivity index (χ0) is 78.4. The van der Waals surface area contributed by atoms with Crippen molar-refractivity contribution in [2.75, 3.05) is 52.0 Å². The summed E-state index contributed by atoms with van der Waals surface area (Å²) < 4.78 is 81.0. The lowest BCUT2D eigenvalue weighted by Crippen LogP contribution is -2.60. The Bertz CT molecular complexity index is 3240. The second kappa shape index (κ2) is 43.1. The molecule has 0 radical (unpaired) electrons. The number of benzene rings is 3. The van der Waals surface area contributed by atoms with Gasteiger partial charge in [-0.2, -0.15) is 26.3 Å². The molecule has 1 saturated heterocycles. The number of ether oxygens (including phenoxy) is 3. The fraction of sp³-hybridized carbons (Fsp3) is 0.580. The Morgan fingerprint density at radius 3 is 1.75 bits per heavy atom. The Hall–Kier alpha value is -9.15. The predicted molar refractivity (Wildman–Crippen MR) is 367 cm³/mol. The zero-order valence-corrected chi connectivity index (χ0v) is 60.2. The van der Waals surface area contributed by atoms with Crippen LogP contribution >= 0.6 is 0 Å². The summed E-state index contributed by atoms with van der Waals surface area (Å²) in [7, 11) is 6.48. The van der Waals surface area contributed by atoms with E-state index >= 15 is 0 Å². The van der Waals surface area contributed by atoms with Crippen LogP contribution in [0.4, 0.5) is 47.3 Å². The number of urea groups is 1.